The van der Waals surface area contributed by atoms with Crippen LogP contribution in [0.25, 0.3) is 0 Å². The highest BCUT2D eigenvalue weighted by atomic mass is 35.5. The first-order chi connectivity index (χ1) is 11.8. The second-order valence-electron chi connectivity index (χ2n) is 6.65. The minimum atomic E-state index is -0.690. The van der Waals surface area contributed by atoms with E-state index in [1.807, 2.05) is 13.8 Å². The number of urea groups is 1. The zero-order valence-corrected chi connectivity index (χ0v) is 15.2. The van der Waals surface area contributed by atoms with E-state index in [4.69, 9.17) is 16.3 Å². The van der Waals surface area contributed by atoms with E-state index in [-0.39, 0.29) is 0 Å². The zero-order chi connectivity index (χ0) is 18.4. The van der Waals surface area contributed by atoms with Crippen LogP contribution in [0.5, 0.6) is 0 Å². The summed E-state index contributed by atoms with van der Waals surface area (Å²) in [5, 5.41) is 5.32. The molecule has 2 N–H and O–H groups in total. The molecule has 6 nitrogen and oxygen atoms in total. The molecule has 0 radical (unpaired) electrons. The van der Waals surface area contributed by atoms with Crippen LogP contribution in [-0.2, 0) is 19.7 Å². The number of nitrogens with one attached hydrogen (secondary N) is 2. The van der Waals surface area contributed by atoms with Crippen molar-refractivity contribution in [2.45, 2.75) is 38.5 Å². The molecule has 0 spiro atoms. The fraction of sp³-hybridized carbons (Fsp3) is 0.500. The van der Waals surface area contributed by atoms with Gasteiger partial charge < -0.3 is 10.1 Å². The van der Waals surface area contributed by atoms with Gasteiger partial charge in [-0.1, -0.05) is 37.6 Å². The smallest absolute Gasteiger partial charge is 0.321 e. The lowest BCUT2D eigenvalue weighted by Crippen LogP contribution is -2.42. The molecular weight excluding hydrogens is 344 g/mol. The summed E-state index contributed by atoms with van der Waals surface area (Å²) in [6.45, 7) is 4.08. The Morgan fingerprint density at radius 1 is 1.20 bits per heavy atom. The SMILES string of the molecule is CC(C)CCNC(=O)NC(=O)COC(=O)C1(c2ccc(Cl)cc2)CC1. The fourth-order valence-corrected chi connectivity index (χ4v) is 2.58. The lowest BCUT2D eigenvalue weighted by molar-refractivity contribution is -0.150. The van der Waals surface area contributed by atoms with E-state index in [0.29, 0.717) is 30.3 Å². The maximum absolute atomic E-state index is 12.3. The molecule has 0 saturated heterocycles. The topological polar surface area (TPSA) is 84.5 Å². The van der Waals surface area contributed by atoms with E-state index >= 15 is 0 Å². The summed E-state index contributed by atoms with van der Waals surface area (Å²) in [4.78, 5) is 35.6. The highest BCUT2D eigenvalue weighted by Crippen LogP contribution is 2.49. The highest BCUT2D eigenvalue weighted by molar-refractivity contribution is 6.30. The van der Waals surface area contributed by atoms with Gasteiger partial charge in [-0.3, -0.25) is 14.9 Å². The van der Waals surface area contributed by atoms with Crippen molar-refractivity contribution in [1.82, 2.24) is 10.6 Å². The molecule has 7 heteroatoms. The van der Waals surface area contributed by atoms with E-state index in [2.05, 4.69) is 10.6 Å². The molecule has 0 bridgehead atoms. The van der Waals surface area contributed by atoms with E-state index in [1.54, 1.807) is 24.3 Å². The average molecular weight is 367 g/mol. The van der Waals surface area contributed by atoms with Gasteiger partial charge in [0.2, 0.25) is 0 Å². The molecule has 3 amide bonds. The van der Waals surface area contributed by atoms with Crippen LogP contribution in [0.1, 0.15) is 38.7 Å². The Morgan fingerprint density at radius 2 is 1.84 bits per heavy atom. The van der Waals surface area contributed by atoms with Crippen molar-refractivity contribution in [3.05, 3.63) is 34.9 Å². The number of halogens is 1. The summed E-state index contributed by atoms with van der Waals surface area (Å²) in [6.07, 6.45) is 2.16. The van der Waals surface area contributed by atoms with Crippen molar-refractivity contribution >= 4 is 29.5 Å². The number of carbonyl (C=O) groups is 3. The number of hydrogen-bond acceptors (Lipinski definition) is 4. The number of imide groups is 1. The van der Waals surface area contributed by atoms with Gasteiger partial charge >= 0.3 is 12.0 Å². The minimum absolute atomic E-state index is 0.454. The number of hydrogen-bond donors (Lipinski definition) is 2. The van der Waals surface area contributed by atoms with Crippen molar-refractivity contribution in [3.8, 4) is 0 Å². The van der Waals surface area contributed by atoms with E-state index < -0.39 is 29.9 Å². The van der Waals surface area contributed by atoms with Crippen molar-refractivity contribution in [2.75, 3.05) is 13.2 Å². The number of amides is 3. The maximum Gasteiger partial charge on any atom is 0.321 e. The van der Waals surface area contributed by atoms with Gasteiger partial charge in [-0.2, -0.15) is 0 Å². The van der Waals surface area contributed by atoms with E-state index in [1.165, 1.54) is 0 Å². The number of benzene rings is 1. The fourth-order valence-electron chi connectivity index (χ4n) is 2.46. The van der Waals surface area contributed by atoms with Crippen molar-refractivity contribution in [3.63, 3.8) is 0 Å². The lowest BCUT2D eigenvalue weighted by atomic mass is 9.96. The first-order valence-electron chi connectivity index (χ1n) is 8.34. The van der Waals surface area contributed by atoms with E-state index in [0.717, 1.165) is 12.0 Å². The quantitative estimate of drug-likeness (QED) is 0.727. The molecule has 0 aromatic heterocycles. The molecule has 0 aliphatic heterocycles. The summed E-state index contributed by atoms with van der Waals surface area (Å²) in [7, 11) is 0. The Kier molecular flexibility index (Phi) is 6.42. The molecule has 136 valence electrons. The standard InChI is InChI=1S/C18H23ClN2O4/c1-12(2)7-10-20-17(24)21-15(22)11-25-16(23)18(8-9-18)13-3-5-14(19)6-4-13/h3-6,12H,7-11H2,1-2H3,(H2,20,21,22,24). The van der Waals surface area contributed by atoms with Crippen LogP contribution in [-0.4, -0.2) is 31.1 Å². The summed E-state index contributed by atoms with van der Waals surface area (Å²) >= 11 is 5.86. The number of ether oxygens (including phenoxy) is 1. The molecule has 0 unspecified atom stereocenters. The summed E-state index contributed by atoms with van der Waals surface area (Å²) in [6, 6.07) is 6.44. The molecule has 1 aromatic rings. The van der Waals surface area contributed by atoms with Gasteiger partial charge in [0.05, 0.1) is 5.41 Å². The first-order valence-corrected chi connectivity index (χ1v) is 8.72. The minimum Gasteiger partial charge on any atom is -0.455 e. The average Bonchev–Trinajstić information content (AvgIpc) is 3.34. The largest absolute Gasteiger partial charge is 0.455 e. The van der Waals surface area contributed by atoms with Crippen LogP contribution < -0.4 is 10.6 Å². The van der Waals surface area contributed by atoms with Crippen molar-refractivity contribution in [2.24, 2.45) is 5.92 Å². The predicted octanol–water partition coefficient (Wildman–Crippen LogP) is 2.79. The lowest BCUT2D eigenvalue weighted by Gasteiger charge is -2.15. The number of esters is 1. The summed E-state index contributed by atoms with van der Waals surface area (Å²) in [5.41, 5.74) is 0.137. The van der Waals surface area contributed by atoms with Gasteiger partial charge in [0.25, 0.3) is 5.91 Å². The zero-order valence-electron chi connectivity index (χ0n) is 14.4. The third-order valence-corrected chi connectivity index (χ3v) is 4.38. The Morgan fingerprint density at radius 3 is 2.40 bits per heavy atom. The van der Waals surface area contributed by atoms with Crippen LogP contribution in [0, 0.1) is 5.92 Å². The van der Waals surface area contributed by atoms with Crippen molar-refractivity contribution < 1.29 is 19.1 Å². The normalized spacial score (nSPS) is 14.7. The van der Waals surface area contributed by atoms with E-state index in [9.17, 15) is 14.4 Å². The summed E-state index contributed by atoms with van der Waals surface area (Å²) in [5.74, 6) is -0.646. The van der Waals surface area contributed by atoms with Gasteiger partial charge in [0.15, 0.2) is 6.61 Å². The monoisotopic (exact) mass is 366 g/mol. The molecule has 0 heterocycles. The van der Waals surface area contributed by atoms with Gasteiger partial charge in [0, 0.05) is 11.6 Å². The molecule has 2 rings (SSSR count). The molecular formula is C18H23ClN2O4. The Hall–Kier alpha value is -2.08. The molecule has 1 aliphatic carbocycles. The van der Waals surface area contributed by atoms with Gasteiger partial charge in [-0.05, 0) is 42.9 Å². The number of carbonyl (C=O) groups excluding carboxylic acids is 3. The third-order valence-electron chi connectivity index (χ3n) is 4.13. The molecule has 0 atom stereocenters. The van der Waals surface area contributed by atoms with Crippen LogP contribution in [0.4, 0.5) is 4.79 Å². The molecule has 1 aromatic carbocycles. The molecule has 25 heavy (non-hydrogen) atoms. The highest BCUT2D eigenvalue weighted by Gasteiger charge is 2.52. The number of rotatable bonds is 7. The Labute approximate surface area is 152 Å². The Bertz CT molecular complexity index is 639. The maximum atomic E-state index is 12.3. The van der Waals surface area contributed by atoms with Crippen LogP contribution in [0.2, 0.25) is 5.02 Å². The first kappa shape index (κ1) is 19.2. The Balaban J connectivity index is 1.77. The second-order valence-corrected chi connectivity index (χ2v) is 7.09. The van der Waals surface area contributed by atoms with Gasteiger partial charge in [-0.15, -0.1) is 0 Å². The van der Waals surface area contributed by atoms with Crippen LogP contribution in [0.3, 0.4) is 0 Å². The third kappa shape index (κ3) is 5.46. The van der Waals surface area contributed by atoms with Gasteiger partial charge in [-0.25, -0.2) is 4.79 Å². The van der Waals surface area contributed by atoms with Crippen LogP contribution >= 0.6 is 11.6 Å². The molecule has 1 saturated carbocycles. The molecule has 1 aliphatic rings. The predicted molar refractivity (Wildman–Crippen MR) is 94.3 cm³/mol. The molecule has 1 fully saturated rings. The van der Waals surface area contributed by atoms with Gasteiger partial charge in [0.1, 0.15) is 0 Å². The second kappa shape index (κ2) is 8.34. The van der Waals surface area contributed by atoms with Crippen LogP contribution in [0.15, 0.2) is 24.3 Å². The summed E-state index contributed by atoms with van der Waals surface area (Å²) < 4.78 is 5.10. The van der Waals surface area contributed by atoms with Crippen molar-refractivity contribution in [1.29, 1.82) is 0 Å².